The largest absolute Gasteiger partial charge is 0.414 e. The van der Waals surface area contributed by atoms with Gasteiger partial charge in [-0.25, -0.2) is 0 Å². The maximum Gasteiger partial charge on any atom is 0.192 e. The smallest absolute Gasteiger partial charge is 0.192 e. The van der Waals surface area contributed by atoms with Crippen LogP contribution in [-0.2, 0) is 9.16 Å². The molecule has 5 heteroatoms. The highest BCUT2D eigenvalue weighted by Gasteiger charge is 2.43. The molecule has 1 saturated heterocycles. The summed E-state index contributed by atoms with van der Waals surface area (Å²) in [5, 5.41) is 19.5. The summed E-state index contributed by atoms with van der Waals surface area (Å²) in [7, 11) is -1.82. The summed E-state index contributed by atoms with van der Waals surface area (Å²) < 4.78 is 11.5. The Balaban J connectivity index is 2.53. The Labute approximate surface area is 105 Å². The van der Waals surface area contributed by atoms with Gasteiger partial charge < -0.3 is 19.4 Å². The van der Waals surface area contributed by atoms with Gasteiger partial charge in [0.15, 0.2) is 8.32 Å². The number of aliphatic hydroxyl groups excluding tert-OH is 2. The molecule has 0 radical (unpaired) electrons. The molecule has 4 nitrogen and oxygen atoms in total. The molecule has 1 rings (SSSR count). The molecule has 0 aliphatic carbocycles. The summed E-state index contributed by atoms with van der Waals surface area (Å²) in [5.74, 6) is 0. The maximum atomic E-state index is 9.79. The third-order valence-electron chi connectivity index (χ3n) is 4.02. The van der Waals surface area contributed by atoms with E-state index >= 15 is 0 Å². The Morgan fingerprint density at radius 1 is 1.18 bits per heavy atom. The summed E-state index contributed by atoms with van der Waals surface area (Å²) in [6, 6.07) is 0. The van der Waals surface area contributed by atoms with Crippen LogP contribution < -0.4 is 0 Å². The molecule has 1 aliphatic heterocycles. The summed E-state index contributed by atoms with van der Waals surface area (Å²) in [5.41, 5.74) is 0. The van der Waals surface area contributed by atoms with E-state index < -0.39 is 26.6 Å². The van der Waals surface area contributed by atoms with Crippen molar-refractivity contribution in [3.05, 3.63) is 0 Å². The Morgan fingerprint density at radius 3 is 2.06 bits per heavy atom. The van der Waals surface area contributed by atoms with Crippen molar-refractivity contribution in [3.63, 3.8) is 0 Å². The van der Waals surface area contributed by atoms with Gasteiger partial charge in [-0.15, -0.1) is 0 Å². The zero-order chi connectivity index (χ0) is 13.4. The minimum atomic E-state index is -1.82. The number of aliphatic hydroxyl groups is 2. The van der Waals surface area contributed by atoms with Crippen LogP contribution in [0.3, 0.4) is 0 Å². The van der Waals surface area contributed by atoms with E-state index in [1.54, 1.807) is 6.92 Å². The molecule has 0 unspecified atom stereocenters. The quantitative estimate of drug-likeness (QED) is 0.757. The van der Waals surface area contributed by atoms with Crippen molar-refractivity contribution in [3.8, 4) is 0 Å². The Kier molecular flexibility index (Phi) is 4.42. The molecule has 1 heterocycles. The van der Waals surface area contributed by atoms with Crippen molar-refractivity contribution in [2.75, 3.05) is 6.61 Å². The minimum Gasteiger partial charge on any atom is -0.414 e. The zero-order valence-electron chi connectivity index (χ0n) is 11.7. The highest BCUT2D eigenvalue weighted by Crippen LogP contribution is 2.37. The number of hydrogen-bond donors (Lipinski definition) is 2. The molecule has 0 saturated carbocycles. The molecule has 0 spiro atoms. The van der Waals surface area contributed by atoms with E-state index in [9.17, 15) is 10.2 Å². The van der Waals surface area contributed by atoms with Crippen LogP contribution in [-0.4, -0.2) is 49.6 Å². The van der Waals surface area contributed by atoms with Crippen molar-refractivity contribution in [1.29, 1.82) is 0 Å². The third-order valence-corrected chi connectivity index (χ3v) is 8.52. The van der Waals surface area contributed by atoms with Crippen LogP contribution in [0.1, 0.15) is 27.7 Å². The average molecular weight is 262 g/mol. The minimum absolute atomic E-state index is 0.140. The van der Waals surface area contributed by atoms with Gasteiger partial charge in [-0.1, -0.05) is 20.8 Å². The van der Waals surface area contributed by atoms with E-state index in [1.165, 1.54) is 0 Å². The van der Waals surface area contributed by atoms with Gasteiger partial charge >= 0.3 is 0 Å². The Morgan fingerprint density at radius 2 is 1.71 bits per heavy atom. The van der Waals surface area contributed by atoms with Crippen LogP contribution in [0.15, 0.2) is 0 Å². The zero-order valence-corrected chi connectivity index (χ0v) is 12.7. The molecule has 0 aromatic carbocycles. The van der Waals surface area contributed by atoms with Gasteiger partial charge in [0.25, 0.3) is 0 Å². The normalized spacial score (nSPS) is 35.3. The van der Waals surface area contributed by atoms with Gasteiger partial charge in [0, 0.05) is 0 Å². The molecular formula is C12H26O4Si. The van der Waals surface area contributed by atoms with Crippen molar-refractivity contribution in [2.24, 2.45) is 0 Å². The lowest BCUT2D eigenvalue weighted by atomic mass is 10.1. The lowest BCUT2D eigenvalue weighted by molar-refractivity contribution is -0.0140. The number of ether oxygens (including phenoxy) is 1. The second kappa shape index (κ2) is 4.97. The van der Waals surface area contributed by atoms with Gasteiger partial charge in [0.2, 0.25) is 0 Å². The van der Waals surface area contributed by atoms with E-state index in [1.807, 2.05) is 0 Å². The van der Waals surface area contributed by atoms with Gasteiger partial charge in [-0.3, -0.25) is 0 Å². The molecule has 0 aromatic rings. The van der Waals surface area contributed by atoms with Gasteiger partial charge in [-0.2, -0.15) is 0 Å². The molecule has 0 aromatic heterocycles. The Hall–Kier alpha value is 0.0569. The summed E-state index contributed by atoms with van der Waals surface area (Å²) in [6.07, 6.45) is -2.37. The fourth-order valence-electron chi connectivity index (χ4n) is 1.58. The van der Waals surface area contributed by atoms with Crippen LogP contribution in [0.5, 0.6) is 0 Å². The van der Waals surface area contributed by atoms with Crippen LogP contribution in [0.2, 0.25) is 18.1 Å². The number of hydrogen-bond acceptors (Lipinski definition) is 4. The van der Waals surface area contributed by atoms with E-state index in [0.717, 1.165) is 0 Å². The molecule has 1 fully saturated rings. The lowest BCUT2D eigenvalue weighted by Crippen LogP contribution is -2.44. The summed E-state index contributed by atoms with van der Waals surface area (Å²) >= 11 is 0. The predicted molar refractivity (Wildman–Crippen MR) is 69.5 cm³/mol. The van der Waals surface area contributed by atoms with Crippen molar-refractivity contribution < 1.29 is 19.4 Å². The fourth-order valence-corrected chi connectivity index (χ4v) is 2.59. The third kappa shape index (κ3) is 3.29. The van der Waals surface area contributed by atoms with Gasteiger partial charge in [0.05, 0.1) is 12.7 Å². The molecular weight excluding hydrogens is 236 g/mol. The highest BCUT2D eigenvalue weighted by atomic mass is 28.4. The van der Waals surface area contributed by atoms with Crippen molar-refractivity contribution in [1.82, 2.24) is 0 Å². The van der Waals surface area contributed by atoms with Crippen LogP contribution >= 0.6 is 0 Å². The first-order valence-electron chi connectivity index (χ1n) is 6.22. The van der Waals surface area contributed by atoms with Crippen molar-refractivity contribution >= 4 is 8.32 Å². The van der Waals surface area contributed by atoms with Crippen LogP contribution in [0, 0.1) is 0 Å². The first kappa shape index (κ1) is 15.1. The van der Waals surface area contributed by atoms with Crippen LogP contribution in [0.4, 0.5) is 0 Å². The maximum absolute atomic E-state index is 9.79. The van der Waals surface area contributed by atoms with Gasteiger partial charge in [0.1, 0.15) is 18.3 Å². The average Bonchev–Trinajstić information content (AvgIpc) is 2.41. The van der Waals surface area contributed by atoms with E-state index in [4.69, 9.17) is 9.16 Å². The molecule has 102 valence electrons. The van der Waals surface area contributed by atoms with Crippen molar-refractivity contribution in [2.45, 2.75) is 70.2 Å². The predicted octanol–water partition coefficient (Wildman–Crippen LogP) is 1.52. The van der Waals surface area contributed by atoms with Crippen LogP contribution in [0.25, 0.3) is 0 Å². The highest BCUT2D eigenvalue weighted by molar-refractivity contribution is 6.74. The van der Waals surface area contributed by atoms with E-state index in [-0.39, 0.29) is 11.1 Å². The van der Waals surface area contributed by atoms with Gasteiger partial charge in [-0.05, 0) is 25.1 Å². The Bertz CT molecular complexity index is 262. The second-order valence-corrected chi connectivity index (χ2v) is 11.2. The first-order chi connectivity index (χ1) is 7.56. The lowest BCUT2D eigenvalue weighted by Gasteiger charge is -2.37. The second-order valence-electron chi connectivity index (χ2n) is 6.43. The monoisotopic (exact) mass is 262 g/mol. The summed E-state index contributed by atoms with van der Waals surface area (Å²) in [6.45, 7) is 13.0. The first-order valence-corrected chi connectivity index (χ1v) is 9.12. The summed E-state index contributed by atoms with van der Waals surface area (Å²) in [4.78, 5) is 0. The molecule has 17 heavy (non-hydrogen) atoms. The van der Waals surface area contributed by atoms with E-state index in [0.29, 0.717) is 6.61 Å². The molecule has 4 atom stereocenters. The van der Waals surface area contributed by atoms with E-state index in [2.05, 4.69) is 33.9 Å². The molecule has 1 aliphatic rings. The molecule has 0 bridgehead atoms. The fraction of sp³-hybridized carbons (Fsp3) is 1.00. The topological polar surface area (TPSA) is 58.9 Å². The molecule has 0 amide bonds. The standard InChI is InChI=1S/C12H26O4Si/c1-8-10(13)11(14)9(16-8)7-15-17(5,6)12(2,3)4/h8-11,13-14H,7H2,1-6H3/t8-,9+,10+,11+/m0/s1. The molecule has 2 N–H and O–H groups in total. The number of rotatable bonds is 3. The SMILES string of the molecule is C[C@@H]1O[C@H](CO[Si](C)(C)C(C)(C)C)[C@@H](O)[C@@H]1O.